The molecule has 0 aromatic heterocycles. The Bertz CT molecular complexity index is 905. The van der Waals surface area contributed by atoms with Crippen LogP contribution >= 0.6 is 47.2 Å². The molecule has 1 saturated heterocycles. The van der Waals surface area contributed by atoms with Crippen LogP contribution in [0.1, 0.15) is 5.56 Å². The molecule has 2 heterocycles. The van der Waals surface area contributed by atoms with Crippen LogP contribution in [0.3, 0.4) is 0 Å². The molecule has 2 aliphatic rings. The van der Waals surface area contributed by atoms with Gasteiger partial charge < -0.3 is 15.5 Å². The molecule has 1 fully saturated rings. The number of amides is 1. The first-order valence-corrected chi connectivity index (χ1v) is 9.79. The van der Waals surface area contributed by atoms with E-state index in [2.05, 4.69) is 5.32 Å². The van der Waals surface area contributed by atoms with E-state index in [0.29, 0.717) is 20.6 Å². The van der Waals surface area contributed by atoms with Gasteiger partial charge in [0.1, 0.15) is 17.1 Å². The summed E-state index contributed by atoms with van der Waals surface area (Å²) >= 11 is 18.5. The van der Waals surface area contributed by atoms with E-state index in [0.717, 1.165) is 4.90 Å². The molecule has 0 bridgehead atoms. The minimum atomic E-state index is -1.45. The van der Waals surface area contributed by atoms with Crippen LogP contribution in [0.2, 0.25) is 10.0 Å². The lowest BCUT2D eigenvalue weighted by molar-refractivity contribution is -0.149. The molecule has 142 valence electrons. The normalized spacial score (nSPS) is 21.4. The monoisotopic (exact) mass is 446 g/mol. The number of hydrogen-bond acceptors (Lipinski definition) is 5. The summed E-state index contributed by atoms with van der Waals surface area (Å²) in [4.78, 5) is 36.5. The zero-order chi connectivity index (χ0) is 19.9. The third kappa shape index (κ3) is 3.77. The number of thiocarbonyl (C=S) groups is 1. The number of hydrogen-bond donors (Lipinski definition) is 3. The highest BCUT2D eigenvalue weighted by atomic mass is 35.5. The van der Waals surface area contributed by atoms with Gasteiger partial charge >= 0.3 is 11.9 Å². The average Bonchev–Trinajstić information content (AvgIpc) is 2.61. The van der Waals surface area contributed by atoms with Crippen LogP contribution in [-0.2, 0) is 20.8 Å². The van der Waals surface area contributed by atoms with Crippen LogP contribution in [0.5, 0.6) is 0 Å². The van der Waals surface area contributed by atoms with E-state index >= 15 is 0 Å². The number of fused-ring (bicyclic) bond motifs is 1. The fraction of sp³-hybridized carbons (Fsp3) is 0.250. The van der Waals surface area contributed by atoms with Gasteiger partial charge in [0, 0.05) is 22.2 Å². The maximum absolute atomic E-state index is 12.4. The third-order valence-corrected chi connectivity index (χ3v) is 6.25. The summed E-state index contributed by atoms with van der Waals surface area (Å²) in [7, 11) is 0. The van der Waals surface area contributed by atoms with Crippen LogP contribution in [0.4, 0.5) is 0 Å². The molecule has 0 saturated carbocycles. The number of rotatable bonds is 5. The van der Waals surface area contributed by atoms with Crippen molar-refractivity contribution in [3.05, 3.63) is 45.1 Å². The highest BCUT2D eigenvalue weighted by Gasteiger charge is 2.54. The van der Waals surface area contributed by atoms with Crippen LogP contribution in [0.15, 0.2) is 29.5 Å². The van der Waals surface area contributed by atoms with Crippen molar-refractivity contribution in [1.29, 1.82) is 0 Å². The first-order valence-electron chi connectivity index (χ1n) is 7.58. The SMILES string of the molecule is O=C(O)C1=C(C(=O)O)N2C(=O)C(NC(=S)Cc3cc(Cl)ccc3Cl)[C@@H]2SC1. The number of halogens is 2. The lowest BCUT2D eigenvalue weighted by atomic mass is 10.0. The molecule has 1 aromatic carbocycles. The van der Waals surface area contributed by atoms with Crippen molar-refractivity contribution < 1.29 is 24.6 Å². The predicted octanol–water partition coefficient (Wildman–Crippen LogP) is 2.16. The maximum atomic E-state index is 12.4. The van der Waals surface area contributed by atoms with Crippen molar-refractivity contribution in [3.8, 4) is 0 Å². The van der Waals surface area contributed by atoms with Gasteiger partial charge in [0.25, 0.3) is 5.91 Å². The topological polar surface area (TPSA) is 107 Å². The summed E-state index contributed by atoms with van der Waals surface area (Å²) in [6.45, 7) is 0. The van der Waals surface area contributed by atoms with E-state index in [9.17, 15) is 19.5 Å². The molecule has 3 rings (SSSR count). The Morgan fingerprint density at radius 3 is 2.63 bits per heavy atom. The third-order valence-electron chi connectivity index (χ3n) is 4.10. The van der Waals surface area contributed by atoms with E-state index in [1.165, 1.54) is 11.8 Å². The van der Waals surface area contributed by atoms with Crippen LogP contribution in [0.25, 0.3) is 0 Å². The number of benzene rings is 1. The van der Waals surface area contributed by atoms with Gasteiger partial charge in [-0.1, -0.05) is 35.4 Å². The Kier molecular flexibility index (Phi) is 5.66. The molecule has 27 heavy (non-hydrogen) atoms. The Hall–Kier alpha value is -1.81. The Labute approximate surface area is 173 Å². The molecular weight excluding hydrogens is 435 g/mol. The van der Waals surface area contributed by atoms with Gasteiger partial charge in [0.05, 0.1) is 10.6 Å². The number of carbonyl (C=O) groups excluding carboxylic acids is 1. The summed E-state index contributed by atoms with van der Waals surface area (Å²) in [5.74, 6) is -3.36. The van der Waals surface area contributed by atoms with Gasteiger partial charge in [0.2, 0.25) is 0 Å². The van der Waals surface area contributed by atoms with E-state index in [-0.39, 0.29) is 17.7 Å². The lowest BCUT2D eigenvalue weighted by Gasteiger charge is -2.49. The van der Waals surface area contributed by atoms with E-state index in [4.69, 9.17) is 40.5 Å². The minimum absolute atomic E-state index is 0.0174. The summed E-state index contributed by atoms with van der Waals surface area (Å²) in [5, 5.41) is 21.8. The number of aliphatic carboxylic acids is 2. The predicted molar refractivity (Wildman–Crippen MR) is 105 cm³/mol. The van der Waals surface area contributed by atoms with E-state index < -0.39 is 35.0 Å². The standard InChI is InChI=1S/C16H12Cl2N2O5S2/c17-7-1-2-9(18)6(3-7)4-10(26)19-11-13(21)20-12(16(24)25)8(15(22)23)5-27-14(11)20/h1-3,11,14H,4-5H2,(H,19,26)(H,22,23)(H,24,25)/t11?,14-/m0/s1. The lowest BCUT2D eigenvalue weighted by Crippen LogP contribution is -2.70. The molecule has 1 aromatic rings. The summed E-state index contributed by atoms with van der Waals surface area (Å²) in [6, 6.07) is 4.24. The number of carboxylic acid groups (broad SMARTS) is 2. The number of carboxylic acids is 2. The Morgan fingerprint density at radius 2 is 2.00 bits per heavy atom. The zero-order valence-electron chi connectivity index (χ0n) is 13.4. The molecular formula is C16H12Cl2N2O5S2. The van der Waals surface area contributed by atoms with E-state index in [1.807, 2.05) is 0 Å². The number of carbonyl (C=O) groups is 3. The quantitative estimate of drug-likeness (QED) is 0.466. The highest BCUT2D eigenvalue weighted by Crippen LogP contribution is 2.40. The highest BCUT2D eigenvalue weighted by molar-refractivity contribution is 8.00. The molecule has 3 N–H and O–H groups in total. The van der Waals surface area contributed by atoms with Gasteiger partial charge in [0.15, 0.2) is 0 Å². The van der Waals surface area contributed by atoms with Crippen LogP contribution < -0.4 is 5.32 Å². The van der Waals surface area contributed by atoms with Gasteiger partial charge in [-0.25, -0.2) is 9.59 Å². The average molecular weight is 447 g/mol. The molecule has 1 unspecified atom stereocenters. The Morgan fingerprint density at radius 1 is 1.30 bits per heavy atom. The minimum Gasteiger partial charge on any atom is -0.478 e. The summed E-state index contributed by atoms with van der Waals surface area (Å²) in [6.07, 6.45) is 0.262. The molecule has 2 atom stereocenters. The van der Waals surface area contributed by atoms with Crippen molar-refractivity contribution >= 4 is 70.0 Å². The molecule has 7 nitrogen and oxygen atoms in total. The van der Waals surface area contributed by atoms with Crippen molar-refractivity contribution in [2.45, 2.75) is 17.8 Å². The van der Waals surface area contributed by atoms with E-state index in [1.54, 1.807) is 18.2 Å². The number of thioether (sulfide) groups is 1. The van der Waals surface area contributed by atoms with Crippen molar-refractivity contribution in [2.24, 2.45) is 0 Å². The number of nitrogens with one attached hydrogen (secondary N) is 1. The fourth-order valence-electron chi connectivity index (χ4n) is 2.86. The van der Waals surface area contributed by atoms with Gasteiger partial charge in [-0.3, -0.25) is 9.69 Å². The Balaban J connectivity index is 1.73. The van der Waals surface area contributed by atoms with Gasteiger partial charge in [-0.05, 0) is 23.8 Å². The summed E-state index contributed by atoms with van der Waals surface area (Å²) < 4.78 is 0. The second kappa shape index (κ2) is 7.67. The molecule has 0 radical (unpaired) electrons. The molecule has 2 aliphatic heterocycles. The molecule has 0 spiro atoms. The molecule has 1 amide bonds. The van der Waals surface area contributed by atoms with Crippen molar-refractivity contribution in [1.82, 2.24) is 10.2 Å². The second-order valence-corrected chi connectivity index (χ2v) is 8.25. The summed E-state index contributed by atoms with van der Waals surface area (Å²) in [5.41, 5.74) is -0.0946. The van der Waals surface area contributed by atoms with Gasteiger partial charge in [-0.15, -0.1) is 11.8 Å². The number of β-lactam (4-membered cyclic amide) rings is 1. The van der Waals surface area contributed by atoms with Crippen LogP contribution in [0, 0.1) is 0 Å². The largest absolute Gasteiger partial charge is 0.478 e. The first kappa shape index (κ1) is 19.9. The second-order valence-electron chi connectivity index (χ2n) is 5.80. The molecule has 11 heteroatoms. The van der Waals surface area contributed by atoms with Gasteiger partial charge in [-0.2, -0.15) is 0 Å². The fourth-order valence-corrected chi connectivity index (χ4v) is 4.85. The van der Waals surface area contributed by atoms with Crippen molar-refractivity contribution in [3.63, 3.8) is 0 Å². The maximum Gasteiger partial charge on any atom is 0.353 e. The van der Waals surface area contributed by atoms with Crippen molar-refractivity contribution in [2.75, 3.05) is 5.75 Å². The smallest absolute Gasteiger partial charge is 0.353 e. The first-order chi connectivity index (χ1) is 12.7. The molecule has 0 aliphatic carbocycles. The van der Waals surface area contributed by atoms with Crippen LogP contribution in [-0.4, -0.2) is 55.1 Å². The number of nitrogens with zero attached hydrogens (tertiary/aromatic N) is 1. The zero-order valence-corrected chi connectivity index (χ0v) is 16.6.